The molecule has 1 aliphatic carbocycles. The molecule has 132 valence electrons. The lowest BCUT2D eigenvalue weighted by atomic mass is 10.0. The zero-order chi connectivity index (χ0) is 17.5. The second-order valence-electron chi connectivity index (χ2n) is 6.13. The van der Waals surface area contributed by atoms with E-state index in [-0.39, 0.29) is 5.91 Å². The topological polar surface area (TPSA) is 42.4 Å². The molecule has 25 heavy (non-hydrogen) atoms. The second kappa shape index (κ2) is 8.81. The van der Waals surface area contributed by atoms with Gasteiger partial charge >= 0.3 is 0 Å². The molecule has 0 bridgehead atoms. The van der Waals surface area contributed by atoms with Gasteiger partial charge in [0.05, 0.1) is 12.3 Å². The molecule has 5 heteroatoms. The summed E-state index contributed by atoms with van der Waals surface area (Å²) in [5.41, 5.74) is 1.18. The van der Waals surface area contributed by atoms with Crippen molar-refractivity contribution in [1.82, 2.24) is 4.98 Å². The van der Waals surface area contributed by atoms with Crippen LogP contribution in [0.2, 0.25) is 0 Å². The number of amides is 1. The molecule has 4 nitrogen and oxygen atoms in total. The number of aromatic nitrogens is 1. The molecular formula is C20H24N2O2S. The SMILES string of the molecule is C=CCN(C(=O)CCCOc1ccccc1)c1nc2c(s1)CCCC2. The second-order valence-corrected chi connectivity index (χ2v) is 7.19. The molecule has 1 aromatic carbocycles. The molecule has 0 saturated heterocycles. The number of hydrogen-bond donors (Lipinski definition) is 0. The van der Waals surface area contributed by atoms with Gasteiger partial charge < -0.3 is 4.74 Å². The van der Waals surface area contributed by atoms with Crippen molar-refractivity contribution in [2.45, 2.75) is 38.5 Å². The highest BCUT2D eigenvalue weighted by atomic mass is 32.1. The Bertz CT molecular complexity index is 688. The predicted molar refractivity (Wildman–Crippen MR) is 102 cm³/mol. The van der Waals surface area contributed by atoms with Crippen molar-refractivity contribution in [3.8, 4) is 5.75 Å². The molecule has 0 unspecified atom stereocenters. The van der Waals surface area contributed by atoms with Gasteiger partial charge in [-0.25, -0.2) is 4.98 Å². The van der Waals surface area contributed by atoms with E-state index in [0.717, 1.165) is 23.7 Å². The molecule has 1 aromatic heterocycles. The van der Waals surface area contributed by atoms with Crippen molar-refractivity contribution >= 4 is 22.4 Å². The number of thiazole rings is 1. The number of hydrogen-bond acceptors (Lipinski definition) is 4. The van der Waals surface area contributed by atoms with Gasteiger partial charge in [-0.15, -0.1) is 17.9 Å². The van der Waals surface area contributed by atoms with Crippen molar-refractivity contribution < 1.29 is 9.53 Å². The first kappa shape index (κ1) is 17.7. The summed E-state index contributed by atoms with van der Waals surface area (Å²) in [6, 6.07) is 9.68. The third-order valence-corrected chi connectivity index (χ3v) is 5.41. The van der Waals surface area contributed by atoms with E-state index in [1.54, 1.807) is 22.3 Å². The Morgan fingerprint density at radius 1 is 1.28 bits per heavy atom. The van der Waals surface area contributed by atoms with Gasteiger partial charge in [-0.3, -0.25) is 9.69 Å². The van der Waals surface area contributed by atoms with Crippen LogP contribution in [0.1, 0.15) is 36.3 Å². The number of fused-ring (bicyclic) bond motifs is 1. The third-order valence-electron chi connectivity index (χ3n) is 4.22. The number of benzene rings is 1. The van der Waals surface area contributed by atoms with Crippen LogP contribution in [0.4, 0.5) is 5.13 Å². The van der Waals surface area contributed by atoms with E-state index in [1.807, 2.05) is 30.3 Å². The molecule has 1 heterocycles. The Labute approximate surface area is 153 Å². The van der Waals surface area contributed by atoms with Crippen LogP contribution >= 0.6 is 11.3 Å². The number of ether oxygens (including phenoxy) is 1. The highest BCUT2D eigenvalue weighted by Crippen LogP contribution is 2.32. The Hall–Kier alpha value is -2.14. The molecule has 0 saturated carbocycles. The van der Waals surface area contributed by atoms with E-state index in [2.05, 4.69) is 6.58 Å². The number of carbonyl (C=O) groups is 1. The lowest BCUT2D eigenvalue weighted by molar-refractivity contribution is -0.118. The third kappa shape index (κ3) is 4.69. The van der Waals surface area contributed by atoms with Crippen molar-refractivity contribution in [1.29, 1.82) is 0 Å². The highest BCUT2D eigenvalue weighted by molar-refractivity contribution is 7.16. The van der Waals surface area contributed by atoms with Crippen LogP contribution in [0, 0.1) is 0 Å². The molecule has 1 aliphatic rings. The molecule has 1 amide bonds. The van der Waals surface area contributed by atoms with Gasteiger partial charge in [-0.1, -0.05) is 24.3 Å². The van der Waals surface area contributed by atoms with Gasteiger partial charge in [-0.05, 0) is 44.2 Å². The fourth-order valence-corrected chi connectivity index (χ4v) is 4.11. The van der Waals surface area contributed by atoms with Crippen LogP contribution in [0.5, 0.6) is 5.75 Å². The molecule has 3 rings (SSSR count). The first-order valence-electron chi connectivity index (χ1n) is 8.85. The van der Waals surface area contributed by atoms with E-state index in [0.29, 0.717) is 26.0 Å². The van der Waals surface area contributed by atoms with Crippen molar-refractivity contribution in [2.75, 3.05) is 18.1 Å². The molecule has 0 fully saturated rings. The van der Waals surface area contributed by atoms with Crippen molar-refractivity contribution in [3.05, 3.63) is 53.6 Å². The minimum absolute atomic E-state index is 0.0858. The maximum Gasteiger partial charge on any atom is 0.229 e. The largest absolute Gasteiger partial charge is 0.494 e. The van der Waals surface area contributed by atoms with E-state index < -0.39 is 0 Å². The Morgan fingerprint density at radius 2 is 2.08 bits per heavy atom. The minimum atomic E-state index is 0.0858. The van der Waals surface area contributed by atoms with Crippen LogP contribution in [0.3, 0.4) is 0 Å². The number of nitrogens with zero attached hydrogens (tertiary/aromatic N) is 2. The zero-order valence-corrected chi connectivity index (χ0v) is 15.3. The summed E-state index contributed by atoms with van der Waals surface area (Å²) in [7, 11) is 0. The van der Waals surface area contributed by atoms with Crippen molar-refractivity contribution in [2.24, 2.45) is 0 Å². The molecule has 2 aromatic rings. The summed E-state index contributed by atoms with van der Waals surface area (Å²) in [6.07, 6.45) is 7.44. The summed E-state index contributed by atoms with van der Waals surface area (Å²) in [4.78, 5) is 20.5. The number of rotatable bonds is 8. The minimum Gasteiger partial charge on any atom is -0.494 e. The maximum absolute atomic E-state index is 12.6. The summed E-state index contributed by atoms with van der Waals surface area (Å²) < 4.78 is 5.66. The van der Waals surface area contributed by atoms with Gasteiger partial charge in [0.15, 0.2) is 5.13 Å². The van der Waals surface area contributed by atoms with Crippen LogP contribution in [0.25, 0.3) is 0 Å². The number of aryl methyl sites for hydroxylation is 2. The normalized spacial score (nSPS) is 13.1. The fraction of sp³-hybridized carbons (Fsp3) is 0.400. The van der Waals surface area contributed by atoms with Gasteiger partial charge in [0.2, 0.25) is 5.91 Å². The lowest BCUT2D eigenvalue weighted by Gasteiger charge is -2.18. The molecule has 0 aliphatic heterocycles. The number of para-hydroxylation sites is 1. The van der Waals surface area contributed by atoms with Crippen molar-refractivity contribution in [3.63, 3.8) is 0 Å². The molecular weight excluding hydrogens is 332 g/mol. The van der Waals surface area contributed by atoms with Gasteiger partial charge in [0.25, 0.3) is 0 Å². The van der Waals surface area contributed by atoms with Gasteiger partial charge in [0, 0.05) is 17.8 Å². The monoisotopic (exact) mass is 356 g/mol. The average molecular weight is 356 g/mol. The quantitative estimate of drug-likeness (QED) is 0.520. The van der Waals surface area contributed by atoms with E-state index in [1.165, 1.54) is 23.4 Å². The molecule has 0 spiro atoms. The van der Waals surface area contributed by atoms with E-state index in [4.69, 9.17) is 9.72 Å². The Balaban J connectivity index is 1.55. The number of anilines is 1. The fourth-order valence-electron chi connectivity index (χ4n) is 2.93. The van der Waals surface area contributed by atoms with E-state index >= 15 is 0 Å². The van der Waals surface area contributed by atoms with Gasteiger partial charge in [0.1, 0.15) is 5.75 Å². The first-order chi connectivity index (χ1) is 12.3. The van der Waals surface area contributed by atoms with Crippen LogP contribution in [0.15, 0.2) is 43.0 Å². The standard InChI is InChI=1S/C20H24N2O2S/c1-2-14-22(20-21-17-11-6-7-12-18(17)25-20)19(23)13-8-15-24-16-9-4-3-5-10-16/h2-5,9-10H,1,6-8,11-15H2. The van der Waals surface area contributed by atoms with Crippen LogP contribution in [-0.2, 0) is 17.6 Å². The molecule has 0 N–H and O–H groups in total. The highest BCUT2D eigenvalue weighted by Gasteiger charge is 2.22. The molecule has 0 radical (unpaired) electrons. The summed E-state index contributed by atoms with van der Waals surface area (Å²) in [6.45, 7) is 4.82. The zero-order valence-electron chi connectivity index (χ0n) is 14.4. The van der Waals surface area contributed by atoms with Crippen LogP contribution < -0.4 is 9.64 Å². The summed E-state index contributed by atoms with van der Waals surface area (Å²) in [5, 5.41) is 0.820. The smallest absolute Gasteiger partial charge is 0.229 e. The number of carbonyl (C=O) groups excluding carboxylic acids is 1. The molecule has 0 atom stereocenters. The predicted octanol–water partition coefficient (Wildman–Crippen LogP) is 4.40. The summed E-state index contributed by atoms with van der Waals surface area (Å²) in [5.74, 6) is 0.924. The average Bonchev–Trinajstić information content (AvgIpc) is 3.07. The maximum atomic E-state index is 12.6. The lowest BCUT2D eigenvalue weighted by Crippen LogP contribution is -2.31. The Morgan fingerprint density at radius 3 is 2.84 bits per heavy atom. The summed E-state index contributed by atoms with van der Waals surface area (Å²) >= 11 is 1.66. The van der Waals surface area contributed by atoms with Crippen LogP contribution in [-0.4, -0.2) is 24.0 Å². The van der Waals surface area contributed by atoms with E-state index in [9.17, 15) is 4.79 Å². The van der Waals surface area contributed by atoms with Gasteiger partial charge in [-0.2, -0.15) is 0 Å². The first-order valence-corrected chi connectivity index (χ1v) is 9.67. The Kier molecular flexibility index (Phi) is 6.23.